The average Bonchev–Trinajstić information content (AvgIpc) is 3.22. The van der Waals surface area contributed by atoms with E-state index >= 15 is 0 Å². The van der Waals surface area contributed by atoms with Gasteiger partial charge in [0.1, 0.15) is 0 Å². The predicted molar refractivity (Wildman–Crippen MR) is 129 cm³/mol. The number of hydrogen-bond donors (Lipinski definition) is 5. The van der Waals surface area contributed by atoms with Crippen molar-refractivity contribution in [2.75, 3.05) is 25.0 Å². The number of nitrogens with two attached hydrogens (primary N) is 2. The Morgan fingerprint density at radius 3 is 2.90 bits per heavy atom. The smallest absolute Gasteiger partial charge is 0.0777 e. The van der Waals surface area contributed by atoms with Gasteiger partial charge in [0.2, 0.25) is 0 Å². The molecule has 0 radical (unpaired) electrons. The third-order valence-corrected chi connectivity index (χ3v) is 6.36. The Morgan fingerprint density at radius 1 is 1.19 bits per heavy atom. The molecule has 2 aliphatic rings. The molecule has 6 nitrogen and oxygen atoms in total. The summed E-state index contributed by atoms with van der Waals surface area (Å²) >= 11 is 0. The van der Waals surface area contributed by atoms with Crippen LogP contribution in [0.25, 0.3) is 22.2 Å². The molecule has 160 valence electrons. The highest BCUT2D eigenvalue weighted by atomic mass is 15.4. The van der Waals surface area contributed by atoms with Gasteiger partial charge in [-0.15, -0.1) is 0 Å². The lowest BCUT2D eigenvalue weighted by molar-refractivity contribution is 0.402. The molecule has 1 unspecified atom stereocenters. The maximum absolute atomic E-state index is 6.45. The van der Waals surface area contributed by atoms with Gasteiger partial charge in [-0.1, -0.05) is 24.3 Å². The highest BCUT2D eigenvalue weighted by Gasteiger charge is 2.26. The van der Waals surface area contributed by atoms with Gasteiger partial charge in [0.05, 0.1) is 11.7 Å². The number of aromatic amines is 1. The third kappa shape index (κ3) is 3.69. The van der Waals surface area contributed by atoms with E-state index in [2.05, 4.69) is 64.2 Å². The van der Waals surface area contributed by atoms with Crippen molar-refractivity contribution < 1.29 is 0 Å². The molecule has 31 heavy (non-hydrogen) atoms. The lowest BCUT2D eigenvalue weighted by Crippen LogP contribution is -2.31. The van der Waals surface area contributed by atoms with Gasteiger partial charge in [0, 0.05) is 47.1 Å². The molecule has 0 spiro atoms. The van der Waals surface area contributed by atoms with Crippen LogP contribution in [0.4, 0.5) is 5.69 Å². The zero-order valence-corrected chi connectivity index (χ0v) is 17.9. The van der Waals surface area contributed by atoms with Crippen molar-refractivity contribution in [3.63, 3.8) is 0 Å². The third-order valence-electron chi connectivity index (χ3n) is 6.36. The highest BCUT2D eigenvalue weighted by molar-refractivity contribution is 5.92. The van der Waals surface area contributed by atoms with Crippen LogP contribution >= 0.6 is 0 Å². The largest absolute Gasteiger partial charge is 0.401 e. The number of rotatable bonds is 3. The van der Waals surface area contributed by atoms with E-state index in [0.717, 1.165) is 60.6 Å². The number of benzene rings is 2. The zero-order valence-electron chi connectivity index (χ0n) is 17.9. The normalized spacial score (nSPS) is 20.8. The predicted octanol–water partition coefficient (Wildman–Crippen LogP) is 3.92. The van der Waals surface area contributed by atoms with Gasteiger partial charge in [-0.25, -0.2) is 5.84 Å². The fourth-order valence-electron chi connectivity index (χ4n) is 4.83. The van der Waals surface area contributed by atoms with Crippen LogP contribution in [0.5, 0.6) is 0 Å². The second-order valence-electron chi connectivity index (χ2n) is 8.44. The zero-order chi connectivity index (χ0) is 21.4. The van der Waals surface area contributed by atoms with E-state index in [0.29, 0.717) is 0 Å². The molecule has 0 amide bonds. The molecule has 6 heteroatoms. The van der Waals surface area contributed by atoms with Gasteiger partial charge in [-0.2, -0.15) is 0 Å². The molecule has 2 aliphatic heterocycles. The average molecular weight is 415 g/mol. The van der Waals surface area contributed by atoms with Crippen LogP contribution in [0.3, 0.4) is 0 Å². The summed E-state index contributed by atoms with van der Waals surface area (Å²) in [5.74, 6) is 6.45. The monoisotopic (exact) mass is 414 g/mol. The number of allylic oxidation sites excluding steroid dienone is 1. The van der Waals surface area contributed by atoms with Gasteiger partial charge in [0.25, 0.3) is 0 Å². The molecule has 3 aromatic rings. The van der Waals surface area contributed by atoms with E-state index in [1.165, 1.54) is 22.1 Å². The molecule has 0 saturated heterocycles. The standard InChI is InChI=1S/C25H30N6/c1-16(26)25-19-6-5-18(17-7-11-28-12-8-17)15-21(19)24(10-14-31(25)27)30-23-4-2-3-22-20(23)9-13-29-22/h2-7,9,13,15,24,28-30H,8,10-12,14,26-27H2,1H3/b25-16-. The molecular formula is C25H30N6. The van der Waals surface area contributed by atoms with E-state index in [-0.39, 0.29) is 6.04 Å². The van der Waals surface area contributed by atoms with Crippen LogP contribution in [0.15, 0.2) is 60.4 Å². The minimum Gasteiger partial charge on any atom is -0.401 e. The van der Waals surface area contributed by atoms with Gasteiger partial charge < -0.3 is 26.4 Å². The highest BCUT2D eigenvalue weighted by Crippen LogP contribution is 2.38. The van der Waals surface area contributed by atoms with Crippen LogP contribution in [0.1, 0.15) is 42.5 Å². The van der Waals surface area contributed by atoms with Crippen molar-refractivity contribution in [1.82, 2.24) is 15.3 Å². The van der Waals surface area contributed by atoms with Crippen molar-refractivity contribution in [3.05, 3.63) is 77.1 Å². The van der Waals surface area contributed by atoms with E-state index in [1.807, 2.05) is 13.1 Å². The second kappa shape index (κ2) is 8.13. The molecule has 0 bridgehead atoms. The topological polar surface area (TPSA) is 95.1 Å². The molecular weight excluding hydrogens is 384 g/mol. The van der Waals surface area contributed by atoms with E-state index < -0.39 is 0 Å². The molecule has 5 rings (SSSR count). The van der Waals surface area contributed by atoms with Gasteiger partial charge in [-0.05, 0) is 67.3 Å². The SMILES string of the molecule is C/C(N)=C1\c2ccc(C3=CCNCC3)cc2C(Nc2cccc3[nH]ccc23)CCN1N. The van der Waals surface area contributed by atoms with Gasteiger partial charge in [0.15, 0.2) is 0 Å². The number of aromatic nitrogens is 1. The summed E-state index contributed by atoms with van der Waals surface area (Å²) in [4.78, 5) is 3.30. The number of H-pyrrole nitrogens is 1. The number of nitrogens with one attached hydrogen (secondary N) is 3. The Hall–Kier alpha value is -3.22. The molecule has 2 aromatic carbocycles. The van der Waals surface area contributed by atoms with E-state index in [1.54, 1.807) is 5.01 Å². The minimum absolute atomic E-state index is 0.126. The van der Waals surface area contributed by atoms with Crippen molar-refractivity contribution >= 4 is 27.9 Å². The van der Waals surface area contributed by atoms with Crippen molar-refractivity contribution in [2.24, 2.45) is 11.6 Å². The molecule has 3 heterocycles. The van der Waals surface area contributed by atoms with E-state index in [4.69, 9.17) is 11.6 Å². The summed E-state index contributed by atoms with van der Waals surface area (Å²) in [6.07, 6.45) is 6.20. The van der Waals surface area contributed by atoms with Gasteiger partial charge >= 0.3 is 0 Å². The summed E-state index contributed by atoms with van der Waals surface area (Å²) in [6.45, 7) is 4.59. The van der Waals surface area contributed by atoms with E-state index in [9.17, 15) is 0 Å². The molecule has 0 saturated carbocycles. The first-order valence-corrected chi connectivity index (χ1v) is 11.0. The Morgan fingerprint density at radius 2 is 2.10 bits per heavy atom. The lowest BCUT2D eigenvalue weighted by atomic mass is 9.91. The maximum atomic E-state index is 6.45. The number of nitrogens with zero attached hydrogens (tertiary/aromatic N) is 1. The lowest BCUT2D eigenvalue weighted by Gasteiger charge is -2.23. The summed E-state index contributed by atoms with van der Waals surface area (Å²) in [6, 6.07) is 15.3. The quantitative estimate of drug-likeness (QED) is 0.419. The Balaban J connectivity index is 1.62. The summed E-state index contributed by atoms with van der Waals surface area (Å²) in [5.41, 5.74) is 15.3. The van der Waals surface area contributed by atoms with Crippen LogP contribution in [-0.2, 0) is 0 Å². The van der Waals surface area contributed by atoms with Crippen LogP contribution in [0.2, 0.25) is 0 Å². The first kappa shape index (κ1) is 19.7. The Kier molecular flexibility index (Phi) is 5.18. The van der Waals surface area contributed by atoms with Crippen molar-refractivity contribution in [3.8, 4) is 0 Å². The molecule has 1 atom stereocenters. The summed E-state index contributed by atoms with van der Waals surface area (Å²) < 4.78 is 0. The van der Waals surface area contributed by atoms with Crippen LogP contribution in [-0.4, -0.2) is 29.6 Å². The Bertz CT molecular complexity index is 1170. The van der Waals surface area contributed by atoms with Crippen molar-refractivity contribution in [2.45, 2.75) is 25.8 Å². The second-order valence-corrected chi connectivity index (χ2v) is 8.44. The van der Waals surface area contributed by atoms with Gasteiger partial charge in [-0.3, -0.25) is 0 Å². The first-order chi connectivity index (χ1) is 15.1. The fraction of sp³-hybridized carbons (Fsp3) is 0.280. The Labute approximate surface area is 183 Å². The van der Waals surface area contributed by atoms with Crippen LogP contribution < -0.4 is 22.2 Å². The number of fused-ring (bicyclic) bond motifs is 2. The molecule has 0 aliphatic carbocycles. The molecule has 0 fully saturated rings. The fourth-order valence-corrected chi connectivity index (χ4v) is 4.83. The minimum atomic E-state index is 0.126. The summed E-state index contributed by atoms with van der Waals surface area (Å²) in [7, 11) is 0. The van der Waals surface area contributed by atoms with Crippen LogP contribution in [0, 0.1) is 0 Å². The molecule has 1 aromatic heterocycles. The maximum Gasteiger partial charge on any atom is 0.0777 e. The number of hydrogen-bond acceptors (Lipinski definition) is 5. The van der Waals surface area contributed by atoms with Crippen molar-refractivity contribution in [1.29, 1.82) is 0 Å². The summed E-state index contributed by atoms with van der Waals surface area (Å²) in [5, 5.41) is 10.2. The molecule has 7 N–H and O–H groups in total. The number of anilines is 1. The number of hydrazine groups is 1. The first-order valence-electron chi connectivity index (χ1n) is 11.0.